The third kappa shape index (κ3) is 4.87. The maximum atomic E-state index is 5.36. The minimum atomic E-state index is 0.617. The SMILES string of the molecule is CCCc1ccc(NC(=S)Nc2cccc(CC)c2)cc1. The Balaban J connectivity index is 1.94. The molecule has 2 rings (SSSR count). The maximum Gasteiger partial charge on any atom is 0.175 e. The van der Waals surface area contributed by atoms with Crippen LogP contribution in [0.5, 0.6) is 0 Å². The van der Waals surface area contributed by atoms with Crippen LogP contribution in [0.4, 0.5) is 11.4 Å². The first-order valence-electron chi connectivity index (χ1n) is 7.47. The maximum absolute atomic E-state index is 5.36. The van der Waals surface area contributed by atoms with Crippen molar-refractivity contribution >= 4 is 28.7 Å². The van der Waals surface area contributed by atoms with E-state index in [-0.39, 0.29) is 0 Å². The number of rotatable bonds is 5. The summed E-state index contributed by atoms with van der Waals surface area (Å²) >= 11 is 5.36. The van der Waals surface area contributed by atoms with Crippen LogP contribution < -0.4 is 10.6 Å². The summed E-state index contributed by atoms with van der Waals surface area (Å²) in [4.78, 5) is 0. The van der Waals surface area contributed by atoms with E-state index < -0.39 is 0 Å². The van der Waals surface area contributed by atoms with Gasteiger partial charge in [0, 0.05) is 11.4 Å². The lowest BCUT2D eigenvalue weighted by Crippen LogP contribution is -2.19. The van der Waals surface area contributed by atoms with E-state index in [1.807, 2.05) is 12.1 Å². The highest BCUT2D eigenvalue weighted by Gasteiger charge is 2.00. The summed E-state index contributed by atoms with van der Waals surface area (Å²) in [6.45, 7) is 4.34. The highest BCUT2D eigenvalue weighted by Crippen LogP contribution is 2.14. The van der Waals surface area contributed by atoms with E-state index in [9.17, 15) is 0 Å². The van der Waals surface area contributed by atoms with E-state index in [0.717, 1.165) is 24.2 Å². The molecular formula is C18H22N2S. The van der Waals surface area contributed by atoms with E-state index in [2.05, 4.69) is 60.9 Å². The molecule has 0 atom stereocenters. The fourth-order valence-electron chi connectivity index (χ4n) is 2.21. The van der Waals surface area contributed by atoms with Crippen LogP contribution in [0.2, 0.25) is 0 Å². The lowest BCUT2D eigenvalue weighted by Gasteiger charge is -2.11. The van der Waals surface area contributed by atoms with Gasteiger partial charge in [0.15, 0.2) is 5.11 Å². The molecule has 0 heterocycles. The fourth-order valence-corrected chi connectivity index (χ4v) is 2.44. The van der Waals surface area contributed by atoms with Gasteiger partial charge in [0.25, 0.3) is 0 Å². The quantitative estimate of drug-likeness (QED) is 0.759. The number of benzene rings is 2. The number of hydrogen-bond acceptors (Lipinski definition) is 1. The molecule has 0 spiro atoms. The summed E-state index contributed by atoms with van der Waals surface area (Å²) in [7, 11) is 0. The average Bonchev–Trinajstić information content (AvgIpc) is 2.49. The van der Waals surface area contributed by atoms with Crippen molar-refractivity contribution in [1.82, 2.24) is 0 Å². The van der Waals surface area contributed by atoms with Crippen molar-refractivity contribution < 1.29 is 0 Å². The van der Waals surface area contributed by atoms with E-state index in [0.29, 0.717) is 5.11 Å². The summed E-state index contributed by atoms with van der Waals surface area (Å²) in [5.41, 5.74) is 4.69. The molecule has 0 aromatic heterocycles. The van der Waals surface area contributed by atoms with Crippen molar-refractivity contribution in [1.29, 1.82) is 0 Å². The van der Waals surface area contributed by atoms with Crippen LogP contribution in [0.1, 0.15) is 31.4 Å². The van der Waals surface area contributed by atoms with Crippen molar-refractivity contribution in [2.75, 3.05) is 10.6 Å². The average molecular weight is 298 g/mol. The second-order valence-electron chi connectivity index (χ2n) is 5.08. The molecule has 2 aromatic carbocycles. The molecule has 21 heavy (non-hydrogen) atoms. The monoisotopic (exact) mass is 298 g/mol. The first-order chi connectivity index (χ1) is 10.2. The van der Waals surface area contributed by atoms with Crippen LogP contribution in [0.15, 0.2) is 48.5 Å². The lowest BCUT2D eigenvalue weighted by molar-refractivity contribution is 0.922. The van der Waals surface area contributed by atoms with Crippen LogP contribution in [0.25, 0.3) is 0 Å². The molecule has 0 unspecified atom stereocenters. The minimum absolute atomic E-state index is 0.617. The molecule has 0 saturated carbocycles. The van der Waals surface area contributed by atoms with E-state index in [1.54, 1.807) is 0 Å². The van der Waals surface area contributed by atoms with Gasteiger partial charge in [-0.1, -0.05) is 44.5 Å². The Morgan fingerprint density at radius 3 is 2.29 bits per heavy atom. The number of thiocarbonyl (C=S) groups is 1. The standard InChI is InChI=1S/C18H22N2S/c1-3-6-15-9-11-16(12-10-15)19-18(21)20-17-8-5-7-14(4-2)13-17/h5,7-13H,3-4,6H2,1-2H3,(H2,19,20,21). The predicted molar refractivity (Wildman–Crippen MR) is 96.1 cm³/mol. The Bertz CT molecular complexity index is 590. The molecule has 2 aromatic rings. The molecule has 2 nitrogen and oxygen atoms in total. The van der Waals surface area contributed by atoms with Crippen molar-refractivity contribution in [3.05, 3.63) is 59.7 Å². The third-order valence-corrected chi connectivity index (χ3v) is 3.55. The highest BCUT2D eigenvalue weighted by atomic mass is 32.1. The second-order valence-corrected chi connectivity index (χ2v) is 5.49. The number of nitrogens with one attached hydrogen (secondary N) is 2. The Morgan fingerprint density at radius 2 is 1.62 bits per heavy atom. The first kappa shape index (κ1) is 15.5. The summed E-state index contributed by atoms with van der Waals surface area (Å²) in [5.74, 6) is 0. The first-order valence-corrected chi connectivity index (χ1v) is 7.88. The molecule has 0 fully saturated rings. The van der Waals surface area contributed by atoms with E-state index >= 15 is 0 Å². The van der Waals surface area contributed by atoms with Crippen molar-refractivity contribution in [2.24, 2.45) is 0 Å². The molecule has 0 aliphatic carbocycles. The van der Waals surface area contributed by atoms with Gasteiger partial charge < -0.3 is 10.6 Å². The van der Waals surface area contributed by atoms with Gasteiger partial charge in [-0.3, -0.25) is 0 Å². The summed E-state index contributed by atoms with van der Waals surface area (Å²) < 4.78 is 0. The molecule has 0 amide bonds. The van der Waals surface area contributed by atoms with Gasteiger partial charge in [-0.15, -0.1) is 0 Å². The van der Waals surface area contributed by atoms with Gasteiger partial charge >= 0.3 is 0 Å². The van der Waals surface area contributed by atoms with Crippen LogP contribution in [0.3, 0.4) is 0 Å². The molecule has 0 aliphatic rings. The molecule has 0 bridgehead atoms. The molecule has 110 valence electrons. The van der Waals surface area contributed by atoms with Crippen LogP contribution in [-0.4, -0.2) is 5.11 Å². The molecule has 0 aliphatic heterocycles. The Hall–Kier alpha value is -1.87. The van der Waals surface area contributed by atoms with Gasteiger partial charge in [-0.05, 0) is 60.5 Å². The number of aryl methyl sites for hydroxylation is 2. The van der Waals surface area contributed by atoms with Gasteiger partial charge in [0.2, 0.25) is 0 Å². The molecular weight excluding hydrogens is 276 g/mol. The third-order valence-electron chi connectivity index (χ3n) is 3.34. The molecule has 0 saturated heterocycles. The highest BCUT2D eigenvalue weighted by molar-refractivity contribution is 7.80. The van der Waals surface area contributed by atoms with Crippen molar-refractivity contribution in [3.63, 3.8) is 0 Å². The largest absolute Gasteiger partial charge is 0.332 e. The lowest BCUT2D eigenvalue weighted by atomic mass is 10.1. The Labute approximate surface area is 132 Å². The van der Waals surface area contributed by atoms with Gasteiger partial charge in [0.1, 0.15) is 0 Å². The molecule has 2 N–H and O–H groups in total. The van der Waals surface area contributed by atoms with Crippen LogP contribution >= 0.6 is 12.2 Å². The summed E-state index contributed by atoms with van der Waals surface area (Å²) in [6.07, 6.45) is 3.31. The van der Waals surface area contributed by atoms with Crippen LogP contribution in [-0.2, 0) is 12.8 Å². The second kappa shape index (κ2) is 7.79. The molecule has 3 heteroatoms. The topological polar surface area (TPSA) is 24.1 Å². The minimum Gasteiger partial charge on any atom is -0.332 e. The Morgan fingerprint density at radius 1 is 0.905 bits per heavy atom. The van der Waals surface area contributed by atoms with Crippen LogP contribution in [0, 0.1) is 0 Å². The predicted octanol–water partition coefficient (Wildman–Crippen LogP) is 5.01. The number of hydrogen-bond donors (Lipinski definition) is 2. The normalized spacial score (nSPS) is 10.2. The number of anilines is 2. The summed E-state index contributed by atoms with van der Waals surface area (Å²) in [5, 5.41) is 7.06. The smallest absolute Gasteiger partial charge is 0.175 e. The van der Waals surface area contributed by atoms with E-state index in [4.69, 9.17) is 12.2 Å². The van der Waals surface area contributed by atoms with E-state index in [1.165, 1.54) is 17.5 Å². The zero-order valence-corrected chi connectivity index (χ0v) is 13.5. The zero-order chi connectivity index (χ0) is 15.1. The molecule has 0 radical (unpaired) electrons. The van der Waals surface area contributed by atoms with Gasteiger partial charge in [-0.25, -0.2) is 0 Å². The Kier molecular flexibility index (Phi) is 5.76. The fraction of sp³-hybridized carbons (Fsp3) is 0.278. The van der Waals surface area contributed by atoms with Gasteiger partial charge in [-0.2, -0.15) is 0 Å². The zero-order valence-electron chi connectivity index (χ0n) is 12.6. The van der Waals surface area contributed by atoms with Crippen molar-refractivity contribution in [3.8, 4) is 0 Å². The summed E-state index contributed by atoms with van der Waals surface area (Å²) in [6, 6.07) is 16.7. The van der Waals surface area contributed by atoms with Crippen molar-refractivity contribution in [2.45, 2.75) is 33.1 Å². The van der Waals surface area contributed by atoms with Gasteiger partial charge in [0.05, 0.1) is 0 Å².